The topological polar surface area (TPSA) is 120 Å². The van der Waals surface area contributed by atoms with E-state index >= 15 is 0 Å². The normalized spacial score (nSPS) is 18.0. The van der Waals surface area contributed by atoms with E-state index in [0.29, 0.717) is 10.9 Å². The minimum absolute atomic E-state index is 0.0369. The number of carbonyl (C=O) groups excluding carboxylic acids is 2. The maximum Gasteiger partial charge on any atom is 0.335 e. The minimum atomic E-state index is -1.04. The number of nitrogens with one attached hydrogen (secondary N) is 2. The molecule has 0 spiro atoms. The van der Waals surface area contributed by atoms with Gasteiger partial charge in [0.1, 0.15) is 5.25 Å². The predicted octanol–water partition coefficient (Wildman–Crippen LogP) is 2.40. The molecule has 2 amide bonds. The van der Waals surface area contributed by atoms with Crippen molar-refractivity contribution >= 4 is 58.0 Å². The molecule has 1 atom stereocenters. The number of nitrogens with zero attached hydrogens (tertiary/aromatic N) is 2. The maximum atomic E-state index is 12.1. The zero-order valence-electron chi connectivity index (χ0n) is 13.8. The Bertz CT molecular complexity index is 908. The second-order valence-electron chi connectivity index (χ2n) is 5.40. The molecule has 27 heavy (non-hydrogen) atoms. The van der Waals surface area contributed by atoms with Gasteiger partial charge < -0.3 is 15.7 Å². The van der Waals surface area contributed by atoms with Gasteiger partial charge in [0.2, 0.25) is 11.8 Å². The number of benzene rings is 1. The lowest BCUT2D eigenvalue weighted by molar-refractivity contribution is -0.122. The van der Waals surface area contributed by atoms with E-state index in [1.54, 1.807) is 6.21 Å². The van der Waals surface area contributed by atoms with Crippen LogP contribution in [-0.4, -0.2) is 39.5 Å². The van der Waals surface area contributed by atoms with Gasteiger partial charge in [0.05, 0.1) is 11.8 Å². The van der Waals surface area contributed by atoms with Crippen LogP contribution >= 0.6 is 23.1 Å². The summed E-state index contributed by atoms with van der Waals surface area (Å²) >= 11 is 2.66. The summed E-state index contributed by atoms with van der Waals surface area (Å²) in [5, 5.41) is 23.6. The summed E-state index contributed by atoms with van der Waals surface area (Å²) in [4.78, 5) is 35.9. The highest BCUT2D eigenvalue weighted by atomic mass is 32.2. The first-order valence-corrected chi connectivity index (χ1v) is 9.52. The molecule has 1 saturated heterocycles. The molecule has 0 saturated carbocycles. The van der Waals surface area contributed by atoms with Crippen LogP contribution in [0.4, 0.5) is 5.69 Å². The first kappa shape index (κ1) is 18.8. The molecular weight excluding hydrogens is 388 g/mol. The summed E-state index contributed by atoms with van der Waals surface area (Å²) in [6, 6.07) is 9.57. The van der Waals surface area contributed by atoms with Gasteiger partial charge in [-0.1, -0.05) is 17.8 Å². The van der Waals surface area contributed by atoms with Crippen LogP contribution in [0, 0.1) is 0 Å². The second-order valence-corrected chi connectivity index (χ2v) is 7.57. The number of hydrogen-bond donors (Lipinski definition) is 3. The van der Waals surface area contributed by atoms with Gasteiger partial charge >= 0.3 is 5.97 Å². The summed E-state index contributed by atoms with van der Waals surface area (Å²) in [5.41, 5.74) is 0.588. The van der Waals surface area contributed by atoms with E-state index in [-0.39, 0.29) is 23.8 Å². The van der Waals surface area contributed by atoms with Crippen molar-refractivity contribution < 1.29 is 19.5 Å². The van der Waals surface area contributed by atoms with Gasteiger partial charge in [-0.3, -0.25) is 9.59 Å². The highest BCUT2D eigenvalue weighted by Gasteiger charge is 2.32. The van der Waals surface area contributed by atoms with Gasteiger partial charge in [0.15, 0.2) is 5.17 Å². The quantitative estimate of drug-likeness (QED) is 0.506. The fourth-order valence-electron chi connectivity index (χ4n) is 2.17. The standard InChI is InChI=1S/C17H14N4O4S2/c22-14(19-11-5-3-10(4-6-11)16(24)25)8-13-15(23)20-17(27-13)21-18-9-12-2-1-7-26-12/h1-7,9,13H,8H2,(H,19,22)(H,24,25)(H,20,21,23)/b18-9-. The van der Waals surface area contributed by atoms with Crippen LogP contribution in [-0.2, 0) is 9.59 Å². The molecule has 1 aliphatic rings. The molecule has 3 rings (SSSR count). The van der Waals surface area contributed by atoms with Crippen molar-refractivity contribution in [2.24, 2.45) is 10.2 Å². The zero-order valence-corrected chi connectivity index (χ0v) is 15.4. The van der Waals surface area contributed by atoms with E-state index in [1.807, 2.05) is 17.5 Å². The second kappa shape index (κ2) is 8.60. The smallest absolute Gasteiger partial charge is 0.335 e. The van der Waals surface area contributed by atoms with Crippen LogP contribution in [0.5, 0.6) is 0 Å². The number of anilines is 1. The van der Waals surface area contributed by atoms with Crippen molar-refractivity contribution in [2.45, 2.75) is 11.7 Å². The van der Waals surface area contributed by atoms with Crippen molar-refractivity contribution in [3.05, 3.63) is 52.2 Å². The molecule has 1 unspecified atom stereocenters. The first-order chi connectivity index (χ1) is 13.0. The third kappa shape index (κ3) is 5.25. The third-order valence-electron chi connectivity index (χ3n) is 3.44. The van der Waals surface area contributed by atoms with Gasteiger partial charge in [0, 0.05) is 17.0 Å². The number of carboxylic acid groups (broad SMARTS) is 1. The van der Waals surface area contributed by atoms with Crippen molar-refractivity contribution in [3.8, 4) is 0 Å². The molecule has 1 fully saturated rings. The van der Waals surface area contributed by atoms with Crippen LogP contribution < -0.4 is 10.6 Å². The third-order valence-corrected chi connectivity index (χ3v) is 5.32. The Hall–Kier alpha value is -2.98. The fourth-order valence-corrected chi connectivity index (χ4v) is 3.67. The van der Waals surface area contributed by atoms with Crippen LogP contribution in [0.15, 0.2) is 52.0 Å². The highest BCUT2D eigenvalue weighted by Crippen LogP contribution is 2.23. The number of carbonyl (C=O) groups is 3. The Balaban J connectivity index is 1.53. The number of amidine groups is 1. The van der Waals surface area contributed by atoms with E-state index in [2.05, 4.69) is 20.8 Å². The number of thiophene rings is 1. The van der Waals surface area contributed by atoms with Crippen LogP contribution in [0.25, 0.3) is 0 Å². The molecule has 1 aliphatic heterocycles. The summed E-state index contributed by atoms with van der Waals surface area (Å²) in [6.07, 6.45) is 1.55. The number of thioether (sulfide) groups is 1. The Labute approximate surface area is 162 Å². The van der Waals surface area contributed by atoms with Gasteiger partial charge in [-0.25, -0.2) is 4.79 Å². The molecule has 0 radical (unpaired) electrons. The lowest BCUT2D eigenvalue weighted by Crippen LogP contribution is -2.28. The van der Waals surface area contributed by atoms with E-state index in [1.165, 1.54) is 35.6 Å². The molecule has 2 heterocycles. The van der Waals surface area contributed by atoms with E-state index in [4.69, 9.17) is 5.11 Å². The average Bonchev–Trinajstić information content (AvgIpc) is 3.26. The predicted molar refractivity (Wildman–Crippen MR) is 106 cm³/mol. The highest BCUT2D eigenvalue weighted by molar-refractivity contribution is 8.15. The molecule has 0 aliphatic carbocycles. The largest absolute Gasteiger partial charge is 0.478 e. The summed E-state index contributed by atoms with van der Waals surface area (Å²) in [5.74, 6) is -1.70. The number of hydrogen-bond acceptors (Lipinski definition) is 7. The van der Waals surface area contributed by atoms with E-state index in [9.17, 15) is 14.4 Å². The molecule has 1 aromatic carbocycles. The Morgan fingerprint density at radius 3 is 2.70 bits per heavy atom. The molecule has 8 nitrogen and oxygen atoms in total. The van der Waals surface area contributed by atoms with Gasteiger partial charge in [-0.2, -0.15) is 5.10 Å². The van der Waals surface area contributed by atoms with Gasteiger partial charge in [-0.15, -0.1) is 16.4 Å². The van der Waals surface area contributed by atoms with Crippen LogP contribution in [0.1, 0.15) is 21.7 Å². The Morgan fingerprint density at radius 1 is 1.26 bits per heavy atom. The van der Waals surface area contributed by atoms with Gasteiger partial charge in [-0.05, 0) is 35.7 Å². The van der Waals surface area contributed by atoms with Crippen LogP contribution in [0.3, 0.4) is 0 Å². The molecule has 138 valence electrons. The van der Waals surface area contributed by atoms with Crippen molar-refractivity contribution in [2.75, 3.05) is 5.32 Å². The zero-order chi connectivity index (χ0) is 19.2. The Kier molecular flexibility index (Phi) is 5.99. The number of amides is 2. The number of rotatable bonds is 6. The monoisotopic (exact) mass is 402 g/mol. The summed E-state index contributed by atoms with van der Waals surface area (Å²) in [6.45, 7) is 0. The summed E-state index contributed by atoms with van der Waals surface area (Å²) in [7, 11) is 0. The van der Waals surface area contributed by atoms with Crippen molar-refractivity contribution in [1.82, 2.24) is 5.32 Å². The fraction of sp³-hybridized carbons (Fsp3) is 0.118. The molecule has 2 aromatic rings. The Morgan fingerprint density at radius 2 is 2.04 bits per heavy atom. The first-order valence-electron chi connectivity index (χ1n) is 7.76. The van der Waals surface area contributed by atoms with Crippen molar-refractivity contribution in [1.29, 1.82) is 0 Å². The lowest BCUT2D eigenvalue weighted by atomic mass is 10.2. The molecule has 10 heteroatoms. The van der Waals surface area contributed by atoms with Crippen LogP contribution in [0.2, 0.25) is 0 Å². The minimum Gasteiger partial charge on any atom is -0.478 e. The SMILES string of the molecule is O=C(CC1S/C(=N/N=C\c2cccs2)NC1=O)Nc1ccc(C(=O)O)cc1. The summed E-state index contributed by atoms with van der Waals surface area (Å²) < 4.78 is 0. The van der Waals surface area contributed by atoms with E-state index < -0.39 is 11.2 Å². The molecular formula is C17H14N4O4S2. The average molecular weight is 402 g/mol. The molecule has 3 N–H and O–H groups in total. The lowest BCUT2D eigenvalue weighted by Gasteiger charge is -2.07. The van der Waals surface area contributed by atoms with Gasteiger partial charge in [0.25, 0.3) is 0 Å². The van der Waals surface area contributed by atoms with Crippen molar-refractivity contribution in [3.63, 3.8) is 0 Å². The van der Waals surface area contributed by atoms with E-state index in [0.717, 1.165) is 16.6 Å². The number of aromatic carboxylic acids is 1. The molecule has 1 aromatic heterocycles. The maximum absolute atomic E-state index is 12.1. The number of carboxylic acids is 1. The molecule has 0 bridgehead atoms.